The van der Waals surface area contributed by atoms with Gasteiger partial charge in [0, 0.05) is 46.5 Å². The summed E-state index contributed by atoms with van der Waals surface area (Å²) in [6.45, 7) is 8.47. The maximum atomic E-state index is 7.80. The molecule has 1 aliphatic carbocycles. The zero-order valence-corrected chi connectivity index (χ0v) is 22.4. The Balaban J connectivity index is 1.25. The lowest BCUT2D eigenvalue weighted by Gasteiger charge is -2.33. The van der Waals surface area contributed by atoms with Crippen LogP contribution in [0.15, 0.2) is 54.9 Å². The van der Waals surface area contributed by atoms with E-state index in [4.69, 9.17) is 10.4 Å². The summed E-state index contributed by atoms with van der Waals surface area (Å²) < 4.78 is 0. The first kappa shape index (κ1) is 24.5. The summed E-state index contributed by atoms with van der Waals surface area (Å²) in [6.07, 6.45) is 8.84. The molecule has 3 N–H and O–H groups in total. The first-order chi connectivity index (χ1) is 18.4. The van der Waals surface area contributed by atoms with E-state index in [0.717, 1.165) is 39.6 Å². The molecule has 0 unspecified atom stereocenters. The number of hydrogen-bond acceptors (Lipinski definition) is 7. The third-order valence-corrected chi connectivity index (χ3v) is 7.95. The summed E-state index contributed by atoms with van der Waals surface area (Å²) in [6, 6.07) is 15.4. The quantitative estimate of drug-likeness (QED) is 0.238. The smallest absolute Gasteiger partial charge is 0.142 e. The summed E-state index contributed by atoms with van der Waals surface area (Å²) in [5.74, 6) is 2.81. The SMILES string of the molecule is CC(=N)c1ccc(Nc2cc3ccnc(C)c3c(Nc3ccc(C4CCN(C5CC5)CC4)c(C)c3)n2)nc1. The van der Waals surface area contributed by atoms with Crippen molar-refractivity contribution in [3.05, 3.63) is 77.2 Å². The summed E-state index contributed by atoms with van der Waals surface area (Å²) in [5.41, 5.74) is 6.07. The molecule has 38 heavy (non-hydrogen) atoms. The molecule has 4 heterocycles. The van der Waals surface area contributed by atoms with E-state index in [-0.39, 0.29) is 0 Å². The minimum absolute atomic E-state index is 0.493. The topological polar surface area (TPSA) is 89.8 Å². The van der Waals surface area contributed by atoms with Gasteiger partial charge in [-0.2, -0.15) is 0 Å². The van der Waals surface area contributed by atoms with Crippen molar-refractivity contribution < 1.29 is 0 Å². The molecule has 1 saturated heterocycles. The maximum absolute atomic E-state index is 7.80. The van der Waals surface area contributed by atoms with Gasteiger partial charge in [-0.15, -0.1) is 0 Å². The Morgan fingerprint density at radius 3 is 2.42 bits per heavy atom. The van der Waals surface area contributed by atoms with Crippen LogP contribution < -0.4 is 10.6 Å². The largest absolute Gasteiger partial charge is 0.340 e. The van der Waals surface area contributed by atoms with E-state index in [1.54, 1.807) is 13.1 Å². The van der Waals surface area contributed by atoms with Gasteiger partial charge < -0.3 is 20.9 Å². The molecule has 1 aliphatic heterocycles. The van der Waals surface area contributed by atoms with E-state index in [9.17, 15) is 0 Å². The normalized spacial score (nSPS) is 16.5. The molecule has 7 heteroatoms. The molecule has 1 aromatic carbocycles. The van der Waals surface area contributed by atoms with Crippen LogP contribution >= 0.6 is 0 Å². The van der Waals surface area contributed by atoms with Gasteiger partial charge in [0.25, 0.3) is 0 Å². The molecule has 0 radical (unpaired) electrons. The minimum atomic E-state index is 0.493. The number of rotatable bonds is 7. The molecule has 7 nitrogen and oxygen atoms in total. The monoisotopic (exact) mass is 505 g/mol. The fraction of sp³-hybridized carbons (Fsp3) is 0.355. The zero-order chi connectivity index (χ0) is 26.2. The van der Waals surface area contributed by atoms with Crippen molar-refractivity contribution in [3.63, 3.8) is 0 Å². The summed E-state index contributed by atoms with van der Waals surface area (Å²) in [7, 11) is 0. The number of aromatic nitrogens is 3. The van der Waals surface area contributed by atoms with E-state index < -0.39 is 0 Å². The lowest BCUT2D eigenvalue weighted by Crippen LogP contribution is -2.34. The highest BCUT2D eigenvalue weighted by Crippen LogP contribution is 2.37. The third-order valence-electron chi connectivity index (χ3n) is 7.95. The van der Waals surface area contributed by atoms with E-state index in [0.29, 0.717) is 23.3 Å². The molecule has 3 aromatic heterocycles. The molecular weight excluding hydrogens is 470 g/mol. The van der Waals surface area contributed by atoms with Crippen LogP contribution in [0.5, 0.6) is 0 Å². The molecule has 2 aliphatic rings. The van der Waals surface area contributed by atoms with Gasteiger partial charge in [-0.05, 0) is 118 Å². The van der Waals surface area contributed by atoms with Gasteiger partial charge in [-0.3, -0.25) is 4.98 Å². The summed E-state index contributed by atoms with van der Waals surface area (Å²) in [5, 5.41) is 16.8. The number of piperidine rings is 1. The Morgan fingerprint density at radius 2 is 1.74 bits per heavy atom. The molecule has 1 saturated carbocycles. The second kappa shape index (κ2) is 10.1. The number of pyridine rings is 3. The van der Waals surface area contributed by atoms with E-state index >= 15 is 0 Å². The third kappa shape index (κ3) is 5.11. The Kier molecular flexibility index (Phi) is 6.54. The Bertz CT molecular complexity index is 1480. The summed E-state index contributed by atoms with van der Waals surface area (Å²) >= 11 is 0. The predicted octanol–water partition coefficient (Wildman–Crippen LogP) is 6.86. The van der Waals surface area contributed by atoms with Crippen LogP contribution in [0.1, 0.15) is 60.9 Å². The van der Waals surface area contributed by atoms with Gasteiger partial charge in [0.15, 0.2) is 0 Å². The van der Waals surface area contributed by atoms with Crippen molar-refractivity contribution in [2.75, 3.05) is 23.7 Å². The number of aryl methyl sites for hydroxylation is 2. The molecule has 194 valence electrons. The van der Waals surface area contributed by atoms with E-state index in [1.807, 2.05) is 37.4 Å². The van der Waals surface area contributed by atoms with Crippen molar-refractivity contribution in [2.24, 2.45) is 0 Å². The fourth-order valence-electron chi connectivity index (χ4n) is 5.71. The molecular formula is C31H35N7. The number of nitrogens with one attached hydrogen (secondary N) is 3. The number of benzene rings is 1. The summed E-state index contributed by atoms with van der Waals surface area (Å²) in [4.78, 5) is 16.6. The lowest BCUT2D eigenvalue weighted by atomic mass is 9.86. The van der Waals surface area contributed by atoms with Crippen LogP contribution in [0, 0.1) is 19.3 Å². The second-order valence-corrected chi connectivity index (χ2v) is 10.8. The Hall–Kier alpha value is -3.84. The van der Waals surface area contributed by atoms with Gasteiger partial charge in [-0.25, -0.2) is 9.97 Å². The van der Waals surface area contributed by atoms with Gasteiger partial charge in [0.05, 0.1) is 0 Å². The van der Waals surface area contributed by atoms with E-state index in [2.05, 4.69) is 50.6 Å². The highest BCUT2D eigenvalue weighted by atomic mass is 15.2. The van der Waals surface area contributed by atoms with Crippen LogP contribution in [0.2, 0.25) is 0 Å². The first-order valence-electron chi connectivity index (χ1n) is 13.6. The molecule has 4 aromatic rings. The standard InChI is InChI=1S/C31H35N7/c1-19-16-25(5-8-27(19)22-11-14-38(15-12-22)26-6-7-26)35-31-30-21(3)33-13-10-23(30)17-29(37-31)36-28-9-4-24(18-34-28)20(2)32/h4-5,8-10,13,16-18,22,26,32H,6-7,11-12,14-15H2,1-3H3,(H2,34,35,36,37). The van der Waals surface area contributed by atoms with Crippen molar-refractivity contribution in [1.82, 2.24) is 19.9 Å². The first-order valence-corrected chi connectivity index (χ1v) is 13.6. The number of likely N-dealkylation sites (tertiary alicyclic amines) is 1. The second-order valence-electron chi connectivity index (χ2n) is 10.8. The number of anilines is 4. The van der Waals surface area contributed by atoms with Crippen LogP contribution in [0.4, 0.5) is 23.1 Å². The Labute approximate surface area is 224 Å². The fourth-order valence-corrected chi connectivity index (χ4v) is 5.71. The predicted molar refractivity (Wildman–Crippen MR) is 155 cm³/mol. The van der Waals surface area contributed by atoms with Crippen LogP contribution in [-0.2, 0) is 0 Å². The molecule has 0 spiro atoms. The number of hydrogen-bond donors (Lipinski definition) is 3. The van der Waals surface area contributed by atoms with Crippen molar-refractivity contribution in [1.29, 1.82) is 5.41 Å². The minimum Gasteiger partial charge on any atom is -0.340 e. The molecule has 0 bridgehead atoms. The highest BCUT2D eigenvalue weighted by molar-refractivity contribution is 5.97. The number of fused-ring (bicyclic) bond motifs is 1. The zero-order valence-electron chi connectivity index (χ0n) is 22.4. The highest BCUT2D eigenvalue weighted by Gasteiger charge is 2.32. The van der Waals surface area contributed by atoms with Crippen molar-refractivity contribution in [2.45, 2.75) is 58.4 Å². The Morgan fingerprint density at radius 1 is 0.921 bits per heavy atom. The molecule has 0 amide bonds. The van der Waals surface area contributed by atoms with Gasteiger partial charge in [-0.1, -0.05) is 6.07 Å². The van der Waals surface area contributed by atoms with Crippen LogP contribution in [-0.4, -0.2) is 44.7 Å². The van der Waals surface area contributed by atoms with Crippen LogP contribution in [0.3, 0.4) is 0 Å². The van der Waals surface area contributed by atoms with E-state index in [1.165, 1.54) is 49.9 Å². The average Bonchev–Trinajstić information content (AvgIpc) is 3.75. The van der Waals surface area contributed by atoms with Gasteiger partial charge >= 0.3 is 0 Å². The van der Waals surface area contributed by atoms with Crippen LogP contribution in [0.25, 0.3) is 10.8 Å². The van der Waals surface area contributed by atoms with Crippen molar-refractivity contribution >= 4 is 39.6 Å². The maximum Gasteiger partial charge on any atom is 0.142 e. The lowest BCUT2D eigenvalue weighted by molar-refractivity contribution is 0.203. The molecule has 6 rings (SSSR count). The molecule has 2 fully saturated rings. The van der Waals surface area contributed by atoms with Crippen molar-refractivity contribution in [3.8, 4) is 0 Å². The molecule has 0 atom stereocenters. The van der Waals surface area contributed by atoms with Gasteiger partial charge in [0.1, 0.15) is 17.5 Å². The number of nitrogens with zero attached hydrogens (tertiary/aromatic N) is 4. The average molecular weight is 506 g/mol. The van der Waals surface area contributed by atoms with Gasteiger partial charge in [0.2, 0.25) is 0 Å².